The van der Waals surface area contributed by atoms with Gasteiger partial charge in [-0.1, -0.05) is 6.07 Å². The predicted molar refractivity (Wildman–Crippen MR) is 153 cm³/mol. The molecular weight excluding hydrogens is 526 g/mol. The summed E-state index contributed by atoms with van der Waals surface area (Å²) in [6, 6.07) is 9.94. The number of anilines is 1. The summed E-state index contributed by atoms with van der Waals surface area (Å²) < 4.78 is 0.927. The quantitative estimate of drug-likeness (QED) is 0.326. The van der Waals surface area contributed by atoms with Gasteiger partial charge in [0.2, 0.25) is 11.9 Å². The van der Waals surface area contributed by atoms with Crippen molar-refractivity contribution in [2.75, 3.05) is 24.5 Å². The van der Waals surface area contributed by atoms with E-state index in [0.717, 1.165) is 38.2 Å². The van der Waals surface area contributed by atoms with Crippen LogP contribution in [0, 0.1) is 16.7 Å². The fraction of sp³-hybridized carbons (Fsp3) is 0.345. The van der Waals surface area contributed by atoms with Crippen molar-refractivity contribution in [1.82, 2.24) is 25.3 Å². The minimum Gasteiger partial charge on any atom is -0.481 e. The van der Waals surface area contributed by atoms with Crippen molar-refractivity contribution in [3.8, 4) is 28.5 Å². The summed E-state index contributed by atoms with van der Waals surface area (Å²) >= 11 is 1.47. The second kappa shape index (κ2) is 11.4. The Balaban J connectivity index is 1.48. The Morgan fingerprint density at radius 1 is 1.12 bits per heavy atom. The van der Waals surface area contributed by atoms with Crippen LogP contribution in [0.25, 0.3) is 32.6 Å². The molecule has 1 saturated heterocycles. The number of likely N-dealkylation sites (N-methyl/N-ethyl adjacent to an activating group) is 1. The van der Waals surface area contributed by atoms with Crippen molar-refractivity contribution in [1.29, 1.82) is 5.26 Å². The van der Waals surface area contributed by atoms with Crippen LogP contribution >= 0.6 is 11.3 Å². The van der Waals surface area contributed by atoms with Crippen LogP contribution in [0.5, 0.6) is 0 Å². The van der Waals surface area contributed by atoms with Crippen molar-refractivity contribution in [2.45, 2.75) is 39.5 Å². The molecule has 40 heavy (non-hydrogen) atoms. The van der Waals surface area contributed by atoms with Gasteiger partial charge in [0.25, 0.3) is 0 Å². The van der Waals surface area contributed by atoms with Gasteiger partial charge in [-0.25, -0.2) is 15.0 Å². The van der Waals surface area contributed by atoms with Gasteiger partial charge >= 0.3 is 5.97 Å². The number of hydrogen-bond donors (Lipinski definition) is 2. The largest absolute Gasteiger partial charge is 0.481 e. The molecule has 204 valence electrons. The fourth-order valence-electron chi connectivity index (χ4n) is 4.74. The monoisotopic (exact) mass is 555 g/mol. The summed E-state index contributed by atoms with van der Waals surface area (Å²) in [7, 11) is 0. The molecule has 0 radical (unpaired) electrons. The molecule has 2 N–H and O–H groups in total. The molecule has 1 aliphatic heterocycles. The third kappa shape index (κ3) is 5.62. The third-order valence-electron chi connectivity index (χ3n) is 7.24. The molecule has 10 nitrogen and oxygen atoms in total. The number of nitriles is 1. The number of pyridine rings is 1. The predicted octanol–water partition coefficient (Wildman–Crippen LogP) is 4.25. The van der Waals surface area contributed by atoms with Gasteiger partial charge in [0, 0.05) is 49.4 Å². The van der Waals surface area contributed by atoms with E-state index >= 15 is 0 Å². The van der Waals surface area contributed by atoms with Gasteiger partial charge in [-0.2, -0.15) is 5.26 Å². The molecule has 11 heteroatoms. The molecule has 0 aliphatic carbocycles. The van der Waals surface area contributed by atoms with Gasteiger partial charge in [0.1, 0.15) is 5.01 Å². The first-order valence-electron chi connectivity index (χ1n) is 13.1. The van der Waals surface area contributed by atoms with Crippen LogP contribution in [0.2, 0.25) is 0 Å². The first kappa shape index (κ1) is 27.1. The van der Waals surface area contributed by atoms with E-state index in [1.807, 2.05) is 36.1 Å². The maximum absolute atomic E-state index is 12.2. The lowest BCUT2D eigenvalue weighted by Gasteiger charge is -2.36. The van der Waals surface area contributed by atoms with Gasteiger partial charge in [-0.3, -0.25) is 14.6 Å². The smallest absolute Gasteiger partial charge is 0.309 e. The molecule has 0 atom stereocenters. The number of benzene rings is 1. The summed E-state index contributed by atoms with van der Waals surface area (Å²) in [6.07, 6.45) is 6.81. The first-order valence-corrected chi connectivity index (χ1v) is 13.9. The summed E-state index contributed by atoms with van der Waals surface area (Å²) in [6.45, 7) is 5.40. The number of amides is 1. The Morgan fingerprint density at radius 2 is 1.88 bits per heavy atom. The SMILES string of the molecule is CCNC(=O)Cc1nc2cc(-c3cnc(N4CCC(C)(C(=O)O)CC4)nc3)cc(-c3ccc(CC#N)cn3)c2s1. The van der Waals surface area contributed by atoms with E-state index in [9.17, 15) is 14.7 Å². The minimum atomic E-state index is -0.764. The summed E-state index contributed by atoms with van der Waals surface area (Å²) in [4.78, 5) is 44.4. The maximum Gasteiger partial charge on any atom is 0.309 e. The topological polar surface area (TPSA) is 145 Å². The van der Waals surface area contributed by atoms with Crippen LogP contribution in [0.4, 0.5) is 5.95 Å². The van der Waals surface area contributed by atoms with Gasteiger partial charge in [0.15, 0.2) is 0 Å². The molecular formula is C29H29N7O3S. The number of fused-ring (bicyclic) bond motifs is 1. The maximum atomic E-state index is 12.2. The lowest BCUT2D eigenvalue weighted by molar-refractivity contribution is -0.149. The number of carboxylic acids is 1. The van der Waals surface area contributed by atoms with E-state index in [2.05, 4.69) is 26.3 Å². The van der Waals surface area contributed by atoms with E-state index in [1.165, 1.54) is 11.3 Å². The summed E-state index contributed by atoms with van der Waals surface area (Å²) in [5.41, 5.74) is 4.17. The zero-order valence-electron chi connectivity index (χ0n) is 22.3. The third-order valence-corrected chi connectivity index (χ3v) is 8.35. The minimum absolute atomic E-state index is 0.0762. The first-order chi connectivity index (χ1) is 19.3. The number of piperidine rings is 1. The standard InChI is InChI=1S/C29H29N7O3S/c1-3-31-24(37)14-25-35-23-13-19(12-21(26(23)40-25)22-5-4-18(6-9-30)15-32-22)20-16-33-28(34-17-20)36-10-7-29(2,8-11-36)27(38)39/h4-5,12-13,15-17H,3,6-8,10-11,14H2,1-2H3,(H,31,37)(H,38,39). The molecule has 1 aliphatic rings. The number of aliphatic carboxylic acids is 1. The van der Waals surface area contributed by atoms with Crippen molar-refractivity contribution >= 4 is 39.4 Å². The number of aromatic nitrogens is 4. The number of thiazole rings is 1. The van der Waals surface area contributed by atoms with Crippen molar-refractivity contribution in [3.63, 3.8) is 0 Å². The molecule has 0 unspecified atom stereocenters. The lowest BCUT2D eigenvalue weighted by atomic mass is 9.80. The Bertz CT molecular complexity index is 1590. The Labute approximate surface area is 235 Å². The van der Waals surface area contributed by atoms with Crippen molar-refractivity contribution in [2.24, 2.45) is 5.41 Å². The van der Waals surface area contributed by atoms with Crippen LogP contribution in [0.15, 0.2) is 42.9 Å². The van der Waals surface area contributed by atoms with Crippen LogP contribution in [-0.2, 0) is 22.4 Å². The molecule has 0 bridgehead atoms. The molecule has 3 aromatic heterocycles. The van der Waals surface area contributed by atoms with E-state index in [1.54, 1.807) is 25.5 Å². The number of carbonyl (C=O) groups is 2. The summed E-state index contributed by atoms with van der Waals surface area (Å²) in [5.74, 6) is -0.266. The number of carboxylic acid groups (broad SMARTS) is 1. The average Bonchev–Trinajstić information content (AvgIpc) is 3.36. The van der Waals surface area contributed by atoms with Crippen molar-refractivity contribution in [3.05, 3.63) is 53.4 Å². The highest BCUT2D eigenvalue weighted by atomic mass is 32.1. The Hall–Kier alpha value is -4.43. The number of hydrogen-bond acceptors (Lipinski definition) is 9. The van der Waals surface area contributed by atoms with Crippen LogP contribution < -0.4 is 10.2 Å². The normalized spacial score (nSPS) is 14.6. The highest BCUT2D eigenvalue weighted by Gasteiger charge is 2.37. The molecule has 0 spiro atoms. The van der Waals surface area contributed by atoms with Crippen LogP contribution in [-0.4, -0.2) is 56.6 Å². The summed E-state index contributed by atoms with van der Waals surface area (Å²) in [5, 5.41) is 22.1. The van der Waals surface area contributed by atoms with Crippen molar-refractivity contribution < 1.29 is 14.7 Å². The number of rotatable bonds is 8. The molecule has 4 aromatic rings. The van der Waals surface area contributed by atoms with Gasteiger partial charge in [-0.15, -0.1) is 11.3 Å². The van der Waals surface area contributed by atoms with E-state index in [0.29, 0.717) is 43.4 Å². The number of nitrogens with zero attached hydrogens (tertiary/aromatic N) is 6. The number of carbonyl (C=O) groups excluding carboxylic acids is 1. The molecule has 1 aromatic carbocycles. The van der Waals surface area contributed by atoms with E-state index in [-0.39, 0.29) is 18.7 Å². The molecule has 1 fully saturated rings. The second-order valence-corrected chi connectivity index (χ2v) is 11.2. The highest BCUT2D eigenvalue weighted by Crippen LogP contribution is 2.37. The fourth-order valence-corrected chi connectivity index (χ4v) is 5.80. The zero-order chi connectivity index (χ0) is 28.3. The molecule has 5 rings (SSSR count). The van der Waals surface area contributed by atoms with E-state index < -0.39 is 11.4 Å². The van der Waals surface area contributed by atoms with Crippen LogP contribution in [0.1, 0.15) is 37.3 Å². The Morgan fingerprint density at radius 3 is 2.50 bits per heavy atom. The molecule has 4 heterocycles. The average molecular weight is 556 g/mol. The van der Waals surface area contributed by atoms with Crippen LogP contribution in [0.3, 0.4) is 0 Å². The van der Waals surface area contributed by atoms with E-state index in [4.69, 9.17) is 10.2 Å². The molecule has 1 amide bonds. The highest BCUT2D eigenvalue weighted by molar-refractivity contribution is 7.19. The second-order valence-electron chi connectivity index (χ2n) is 10.1. The number of nitrogens with one attached hydrogen (secondary N) is 1. The lowest BCUT2D eigenvalue weighted by Crippen LogP contribution is -2.43. The van der Waals surface area contributed by atoms with Gasteiger partial charge in [0.05, 0.1) is 40.2 Å². The van der Waals surface area contributed by atoms with Gasteiger partial charge < -0.3 is 15.3 Å². The Kier molecular flexibility index (Phi) is 7.71. The van der Waals surface area contributed by atoms with Gasteiger partial charge in [-0.05, 0) is 56.0 Å². The zero-order valence-corrected chi connectivity index (χ0v) is 23.2. The molecule has 0 saturated carbocycles.